The molecule has 0 spiro atoms. The lowest BCUT2D eigenvalue weighted by Gasteiger charge is -2.35. The normalized spacial score (nSPS) is 27.4. The summed E-state index contributed by atoms with van der Waals surface area (Å²) in [4.78, 5) is 19.6. The van der Waals surface area contributed by atoms with Crippen LogP contribution in [-0.4, -0.2) is 36.9 Å². The minimum atomic E-state index is -3.75. The molecule has 1 amide bonds. The lowest BCUT2D eigenvalue weighted by Crippen LogP contribution is -2.47. The van der Waals surface area contributed by atoms with E-state index < -0.39 is 33.7 Å². The highest BCUT2D eigenvalue weighted by atomic mass is 35.5. The molecule has 0 radical (unpaired) electrons. The number of aromatic nitrogens is 2. The lowest BCUT2D eigenvalue weighted by molar-refractivity contribution is -0.123. The van der Waals surface area contributed by atoms with Crippen molar-refractivity contribution in [3.8, 4) is 0 Å². The maximum absolute atomic E-state index is 14.2. The molecule has 9 nitrogen and oxygen atoms in total. The third-order valence-electron chi connectivity index (χ3n) is 6.19. The number of primary amides is 1. The van der Waals surface area contributed by atoms with E-state index in [1.165, 1.54) is 12.1 Å². The molecule has 1 aromatic carbocycles. The summed E-state index contributed by atoms with van der Waals surface area (Å²) in [5, 5.41) is 2.84. The van der Waals surface area contributed by atoms with Gasteiger partial charge in [-0.2, -0.15) is 4.98 Å². The molecule has 12 heteroatoms. The van der Waals surface area contributed by atoms with Gasteiger partial charge in [0.1, 0.15) is 0 Å². The Labute approximate surface area is 183 Å². The monoisotopic (exact) mass is 468 g/mol. The Hall–Kier alpha value is -2.50. The Morgan fingerprint density at radius 3 is 2.81 bits per heavy atom. The van der Waals surface area contributed by atoms with Crippen LogP contribution in [0.1, 0.15) is 12.8 Å². The average Bonchev–Trinajstić information content (AvgIpc) is 3.27. The minimum Gasteiger partial charge on any atom is -0.399 e. The second-order valence-electron chi connectivity index (χ2n) is 8.01. The summed E-state index contributed by atoms with van der Waals surface area (Å²) in [6.07, 6.45) is 2.26. The molecule has 2 saturated carbocycles. The first-order valence-corrected chi connectivity index (χ1v) is 11.6. The highest BCUT2D eigenvalue weighted by Crippen LogP contribution is 2.52. The van der Waals surface area contributed by atoms with Gasteiger partial charge in [-0.05, 0) is 60.4 Å². The Morgan fingerprint density at radius 2 is 2.10 bits per heavy atom. The van der Waals surface area contributed by atoms with Crippen molar-refractivity contribution in [3.05, 3.63) is 41.6 Å². The number of nitrogens with one attached hydrogen (secondary N) is 2. The summed E-state index contributed by atoms with van der Waals surface area (Å²) >= 11 is 5.77. The van der Waals surface area contributed by atoms with Crippen molar-refractivity contribution in [2.45, 2.75) is 23.8 Å². The van der Waals surface area contributed by atoms with Gasteiger partial charge in [0, 0.05) is 18.3 Å². The fourth-order valence-corrected chi connectivity index (χ4v) is 6.20. The van der Waals surface area contributed by atoms with Crippen LogP contribution in [0.2, 0.25) is 5.28 Å². The maximum atomic E-state index is 14.2. The van der Waals surface area contributed by atoms with Gasteiger partial charge in [-0.3, -0.25) is 4.79 Å². The number of hydrogen-bond donors (Lipinski definition) is 4. The van der Waals surface area contributed by atoms with Crippen LogP contribution >= 0.6 is 11.6 Å². The number of hydrogen-bond acceptors (Lipinski definition) is 7. The van der Waals surface area contributed by atoms with E-state index in [1.54, 1.807) is 12.1 Å². The van der Waals surface area contributed by atoms with Crippen molar-refractivity contribution < 1.29 is 17.6 Å². The number of halogens is 2. The van der Waals surface area contributed by atoms with Crippen molar-refractivity contribution in [2.75, 3.05) is 17.6 Å². The van der Waals surface area contributed by atoms with Crippen LogP contribution < -0.4 is 21.5 Å². The number of benzene rings is 1. The number of carbonyl (C=O) groups excluding carboxylic acids is 1. The maximum Gasteiger partial charge on any atom is 0.240 e. The smallest absolute Gasteiger partial charge is 0.240 e. The van der Waals surface area contributed by atoms with Crippen molar-refractivity contribution in [1.29, 1.82) is 0 Å². The summed E-state index contributed by atoms with van der Waals surface area (Å²) in [6, 6.07) is 5.54. The van der Waals surface area contributed by atoms with Gasteiger partial charge in [-0.15, -0.1) is 0 Å². The predicted octanol–water partition coefficient (Wildman–Crippen LogP) is 1.37. The van der Waals surface area contributed by atoms with Crippen LogP contribution in [0.15, 0.2) is 35.4 Å². The quantitative estimate of drug-likeness (QED) is 0.353. The lowest BCUT2D eigenvalue weighted by atomic mass is 9.78. The SMILES string of the molecule is NC(=O)[C@H]1[C@@H]2CC(CNS(=O)(=O)c3cccc(N)c3)[C@@H](C2)[C@H]1Nc1nc(Cl)ncc1F. The van der Waals surface area contributed by atoms with Crippen LogP contribution in [0.25, 0.3) is 0 Å². The molecule has 0 aliphatic heterocycles. The van der Waals surface area contributed by atoms with E-state index in [0.717, 1.165) is 6.20 Å². The molecule has 2 aromatic rings. The zero-order valence-electron chi connectivity index (χ0n) is 16.3. The van der Waals surface area contributed by atoms with Crippen LogP contribution in [-0.2, 0) is 14.8 Å². The van der Waals surface area contributed by atoms with Gasteiger partial charge in [0.2, 0.25) is 21.2 Å². The van der Waals surface area contributed by atoms with E-state index in [2.05, 4.69) is 20.0 Å². The van der Waals surface area contributed by atoms with E-state index in [1.807, 2.05) is 0 Å². The molecular weight excluding hydrogens is 447 g/mol. The summed E-state index contributed by atoms with van der Waals surface area (Å²) in [5.74, 6) is -1.99. The molecular formula is C19H22ClFN6O3S. The number of nitrogen functional groups attached to an aromatic ring is 1. The van der Waals surface area contributed by atoms with Crippen LogP contribution in [0, 0.1) is 29.5 Å². The Kier molecular flexibility index (Phi) is 5.75. The number of fused-ring (bicyclic) bond motifs is 2. The first-order chi connectivity index (χ1) is 14.7. The van der Waals surface area contributed by atoms with Crippen molar-refractivity contribution >= 4 is 39.0 Å². The summed E-state index contributed by atoms with van der Waals surface area (Å²) < 4.78 is 42.1. The van der Waals surface area contributed by atoms with Gasteiger partial charge in [-0.1, -0.05) is 6.07 Å². The number of sulfonamides is 1. The fourth-order valence-electron chi connectivity index (χ4n) is 4.92. The second-order valence-corrected chi connectivity index (χ2v) is 10.1. The van der Waals surface area contributed by atoms with Crippen molar-refractivity contribution in [1.82, 2.24) is 14.7 Å². The molecule has 31 heavy (non-hydrogen) atoms. The van der Waals surface area contributed by atoms with E-state index in [-0.39, 0.29) is 40.3 Å². The number of amides is 1. The first-order valence-electron chi connectivity index (χ1n) is 9.75. The molecule has 5 atom stereocenters. The average molecular weight is 469 g/mol. The Morgan fingerprint density at radius 1 is 1.32 bits per heavy atom. The summed E-state index contributed by atoms with van der Waals surface area (Å²) in [7, 11) is -3.75. The molecule has 1 aromatic heterocycles. The van der Waals surface area contributed by atoms with Gasteiger partial charge in [-0.25, -0.2) is 22.5 Å². The topological polar surface area (TPSA) is 153 Å². The van der Waals surface area contributed by atoms with E-state index in [9.17, 15) is 17.6 Å². The summed E-state index contributed by atoms with van der Waals surface area (Å²) in [5.41, 5.74) is 11.7. The van der Waals surface area contributed by atoms with Crippen molar-refractivity contribution in [3.63, 3.8) is 0 Å². The third kappa shape index (κ3) is 4.30. The predicted molar refractivity (Wildman–Crippen MR) is 113 cm³/mol. The molecule has 0 saturated heterocycles. The van der Waals surface area contributed by atoms with Gasteiger partial charge >= 0.3 is 0 Å². The van der Waals surface area contributed by atoms with E-state index >= 15 is 0 Å². The van der Waals surface area contributed by atoms with Crippen LogP contribution in [0.3, 0.4) is 0 Å². The van der Waals surface area contributed by atoms with Crippen LogP contribution in [0.4, 0.5) is 15.9 Å². The molecule has 2 aliphatic rings. The Bertz CT molecular complexity index is 1120. The highest BCUT2D eigenvalue weighted by molar-refractivity contribution is 7.89. The number of carbonyl (C=O) groups is 1. The highest BCUT2D eigenvalue weighted by Gasteiger charge is 2.55. The van der Waals surface area contributed by atoms with Crippen molar-refractivity contribution in [2.24, 2.45) is 29.4 Å². The molecule has 1 heterocycles. The van der Waals surface area contributed by atoms with Crippen LogP contribution in [0.5, 0.6) is 0 Å². The summed E-state index contributed by atoms with van der Waals surface area (Å²) in [6.45, 7) is 0.176. The number of rotatable bonds is 7. The fraction of sp³-hybridized carbons (Fsp3) is 0.421. The third-order valence-corrected chi connectivity index (χ3v) is 7.80. The van der Waals surface area contributed by atoms with E-state index in [0.29, 0.717) is 18.5 Å². The van der Waals surface area contributed by atoms with Gasteiger partial charge in [0.25, 0.3) is 0 Å². The zero-order chi connectivity index (χ0) is 22.3. The molecule has 2 aliphatic carbocycles. The standard InChI is InChI=1S/C19H22ClFN6O3S/c20-19-24-8-14(21)18(27-19)26-16-13-5-9(15(16)17(23)28)4-10(13)7-25-31(29,30)12-3-1-2-11(22)6-12/h1-3,6,8-10,13,15-16,25H,4-5,7,22H2,(H2,23,28)(H,24,26,27)/t9-,10?,13-,15+,16-/m1/s1. The first kappa shape index (κ1) is 21.7. The molecule has 6 N–H and O–H groups in total. The molecule has 2 fully saturated rings. The molecule has 4 rings (SSSR count). The molecule has 1 unspecified atom stereocenters. The number of anilines is 2. The molecule has 166 valence electrons. The minimum absolute atomic E-state index is 0.0257. The Balaban J connectivity index is 1.51. The zero-order valence-corrected chi connectivity index (χ0v) is 17.9. The van der Waals surface area contributed by atoms with E-state index in [4.69, 9.17) is 23.1 Å². The largest absolute Gasteiger partial charge is 0.399 e. The number of nitrogens with zero attached hydrogens (tertiary/aromatic N) is 2. The second kappa shape index (κ2) is 8.21. The van der Waals surface area contributed by atoms with Gasteiger partial charge in [0.05, 0.1) is 17.0 Å². The number of nitrogens with two attached hydrogens (primary N) is 2. The van der Waals surface area contributed by atoms with Gasteiger partial charge < -0.3 is 16.8 Å². The molecule has 2 bridgehead atoms. The van der Waals surface area contributed by atoms with Gasteiger partial charge in [0.15, 0.2) is 11.6 Å².